The van der Waals surface area contributed by atoms with Crippen molar-refractivity contribution in [2.45, 2.75) is 36.9 Å². The van der Waals surface area contributed by atoms with Gasteiger partial charge in [0.15, 0.2) is 11.5 Å². The Labute approximate surface area is 225 Å². The molecule has 2 aromatic carbocycles. The number of hydrogen-bond acceptors (Lipinski definition) is 9. The number of pyridine rings is 1. The van der Waals surface area contributed by atoms with Gasteiger partial charge in [0.1, 0.15) is 11.8 Å². The quantitative estimate of drug-likeness (QED) is 0.224. The molecule has 3 N–H and O–H groups in total. The Balaban J connectivity index is 1.60. The summed E-state index contributed by atoms with van der Waals surface area (Å²) in [5, 5.41) is 12.2. The number of ether oxygens (including phenoxy) is 3. The molecule has 12 nitrogen and oxygen atoms in total. The summed E-state index contributed by atoms with van der Waals surface area (Å²) >= 11 is 0. The van der Waals surface area contributed by atoms with Gasteiger partial charge >= 0.3 is 0 Å². The first-order valence-corrected chi connectivity index (χ1v) is 13.4. The van der Waals surface area contributed by atoms with Crippen LogP contribution in [0.2, 0.25) is 0 Å². The molecule has 39 heavy (non-hydrogen) atoms. The van der Waals surface area contributed by atoms with E-state index >= 15 is 0 Å². The van der Waals surface area contributed by atoms with E-state index in [0.29, 0.717) is 28.5 Å². The monoisotopic (exact) mass is 556 g/mol. The first-order chi connectivity index (χ1) is 18.8. The molecule has 13 heteroatoms. The average molecular weight is 557 g/mol. The van der Waals surface area contributed by atoms with Crippen LogP contribution < -0.4 is 25.0 Å². The molecule has 4 rings (SSSR count). The number of hydroxylamine groups is 1. The minimum absolute atomic E-state index is 0.0375. The standard InChI is InChI=1S/C26H28N4O8S/c1-36-20-6-8-21(9-7-20)39(34,35)30(16-18-5-11-23-24(14-18)38-17-37-23)22(26(32)29-33)10-12-25(31)28-15-19-4-2-3-13-27-19/h2-9,11,13-14,22,33H,10,12,15-17H2,1H3,(H,28,31)(H,29,32)/t22-/m1/s1. The summed E-state index contributed by atoms with van der Waals surface area (Å²) in [5.74, 6) is 0.000942. The van der Waals surface area contributed by atoms with Crippen LogP contribution in [0.4, 0.5) is 0 Å². The zero-order valence-electron chi connectivity index (χ0n) is 21.1. The Morgan fingerprint density at radius 3 is 2.56 bits per heavy atom. The van der Waals surface area contributed by atoms with Crippen LogP contribution in [-0.2, 0) is 32.7 Å². The Morgan fingerprint density at radius 1 is 1.10 bits per heavy atom. The molecule has 206 valence electrons. The maximum absolute atomic E-state index is 13.8. The topological polar surface area (TPSA) is 156 Å². The van der Waals surface area contributed by atoms with Crippen molar-refractivity contribution in [2.75, 3.05) is 13.9 Å². The van der Waals surface area contributed by atoms with Gasteiger partial charge < -0.3 is 19.5 Å². The molecule has 1 aliphatic heterocycles. The number of carbonyl (C=O) groups is 2. The molecule has 0 saturated heterocycles. The summed E-state index contributed by atoms with van der Waals surface area (Å²) < 4.78 is 44.5. The van der Waals surface area contributed by atoms with Gasteiger partial charge in [0.25, 0.3) is 5.91 Å². The summed E-state index contributed by atoms with van der Waals surface area (Å²) in [7, 11) is -2.85. The molecule has 0 fully saturated rings. The molecule has 2 amide bonds. The molecule has 0 saturated carbocycles. The number of rotatable bonds is 12. The second kappa shape index (κ2) is 12.6. The van der Waals surface area contributed by atoms with Crippen molar-refractivity contribution in [1.29, 1.82) is 0 Å². The third-order valence-corrected chi connectivity index (χ3v) is 7.91. The van der Waals surface area contributed by atoms with Crippen LogP contribution in [0.5, 0.6) is 17.2 Å². The number of fused-ring (bicyclic) bond motifs is 1. The minimum Gasteiger partial charge on any atom is -0.497 e. The fourth-order valence-corrected chi connectivity index (χ4v) is 5.60. The number of amides is 2. The SMILES string of the molecule is COc1ccc(S(=O)(=O)N(Cc2ccc3c(c2)OCO3)[C@H](CCC(=O)NCc2ccccn2)C(=O)NO)cc1. The number of aromatic nitrogens is 1. The highest BCUT2D eigenvalue weighted by atomic mass is 32.2. The van der Waals surface area contributed by atoms with Gasteiger partial charge in [-0.25, -0.2) is 13.9 Å². The second-order valence-corrected chi connectivity index (χ2v) is 10.4. The van der Waals surface area contributed by atoms with Gasteiger partial charge in [0.2, 0.25) is 22.7 Å². The van der Waals surface area contributed by atoms with Gasteiger partial charge in [-0.15, -0.1) is 0 Å². The molecule has 0 radical (unpaired) electrons. The third-order valence-electron chi connectivity index (χ3n) is 6.04. The number of hydrogen-bond donors (Lipinski definition) is 3. The molecule has 0 spiro atoms. The second-order valence-electron chi connectivity index (χ2n) is 8.54. The van der Waals surface area contributed by atoms with Crippen LogP contribution in [0, 0.1) is 0 Å². The fraction of sp³-hybridized carbons (Fsp3) is 0.269. The van der Waals surface area contributed by atoms with Crippen molar-refractivity contribution in [2.24, 2.45) is 0 Å². The smallest absolute Gasteiger partial charge is 0.261 e. The highest BCUT2D eigenvalue weighted by Gasteiger charge is 2.36. The lowest BCUT2D eigenvalue weighted by atomic mass is 10.1. The summed E-state index contributed by atoms with van der Waals surface area (Å²) in [6, 6.07) is 14.4. The first kappa shape index (κ1) is 27.8. The maximum atomic E-state index is 13.8. The van der Waals surface area contributed by atoms with E-state index < -0.39 is 27.9 Å². The lowest BCUT2D eigenvalue weighted by molar-refractivity contribution is -0.133. The van der Waals surface area contributed by atoms with Crippen molar-refractivity contribution in [3.8, 4) is 17.2 Å². The van der Waals surface area contributed by atoms with E-state index in [1.807, 2.05) is 0 Å². The highest BCUT2D eigenvalue weighted by Crippen LogP contribution is 2.34. The zero-order chi connectivity index (χ0) is 27.8. The molecule has 3 aromatic rings. The summed E-state index contributed by atoms with van der Waals surface area (Å²) in [5.41, 5.74) is 2.69. The van der Waals surface area contributed by atoms with Gasteiger partial charge in [-0.3, -0.25) is 19.8 Å². The van der Waals surface area contributed by atoms with E-state index in [-0.39, 0.29) is 37.6 Å². The van der Waals surface area contributed by atoms with Crippen LogP contribution in [-0.4, -0.2) is 54.7 Å². The molecule has 0 aliphatic carbocycles. The first-order valence-electron chi connectivity index (χ1n) is 12.0. The molecule has 0 unspecified atom stereocenters. The van der Waals surface area contributed by atoms with Gasteiger partial charge in [0, 0.05) is 19.2 Å². The van der Waals surface area contributed by atoms with E-state index in [2.05, 4.69) is 10.3 Å². The molecular formula is C26H28N4O8S. The van der Waals surface area contributed by atoms with Gasteiger partial charge in [0.05, 0.1) is 24.2 Å². The van der Waals surface area contributed by atoms with Crippen molar-refractivity contribution in [1.82, 2.24) is 20.1 Å². The zero-order valence-corrected chi connectivity index (χ0v) is 21.9. The van der Waals surface area contributed by atoms with Crippen molar-refractivity contribution in [3.63, 3.8) is 0 Å². The van der Waals surface area contributed by atoms with E-state index in [4.69, 9.17) is 14.2 Å². The average Bonchev–Trinajstić information content (AvgIpc) is 3.44. The van der Waals surface area contributed by atoms with Gasteiger partial charge in [-0.1, -0.05) is 12.1 Å². The fourth-order valence-electron chi connectivity index (χ4n) is 3.99. The lowest BCUT2D eigenvalue weighted by Gasteiger charge is -2.29. The number of carbonyl (C=O) groups excluding carboxylic acids is 2. The van der Waals surface area contributed by atoms with Gasteiger partial charge in [-0.05, 0) is 60.5 Å². The Morgan fingerprint density at radius 2 is 1.87 bits per heavy atom. The Kier molecular flexibility index (Phi) is 8.96. The number of benzene rings is 2. The van der Waals surface area contributed by atoms with E-state index in [0.717, 1.165) is 4.31 Å². The minimum atomic E-state index is -4.30. The number of nitrogens with zero attached hydrogens (tertiary/aromatic N) is 2. The summed E-state index contributed by atoms with van der Waals surface area (Å²) in [6.45, 7) is -0.0456. The van der Waals surface area contributed by atoms with E-state index in [9.17, 15) is 23.2 Å². The predicted molar refractivity (Wildman–Crippen MR) is 137 cm³/mol. The largest absolute Gasteiger partial charge is 0.497 e. The van der Waals surface area contributed by atoms with Crippen LogP contribution in [0.3, 0.4) is 0 Å². The number of sulfonamides is 1. The molecule has 2 heterocycles. The summed E-state index contributed by atoms with van der Waals surface area (Å²) in [6.07, 6.45) is 1.20. The van der Waals surface area contributed by atoms with Crippen molar-refractivity contribution >= 4 is 21.8 Å². The molecule has 0 bridgehead atoms. The molecule has 1 atom stereocenters. The Bertz CT molecular complexity index is 1400. The normalized spacial score (nSPS) is 13.1. The van der Waals surface area contributed by atoms with Crippen molar-refractivity contribution < 1.29 is 37.4 Å². The van der Waals surface area contributed by atoms with Crippen LogP contribution in [0.1, 0.15) is 24.1 Å². The van der Waals surface area contributed by atoms with Crippen LogP contribution in [0.25, 0.3) is 0 Å². The maximum Gasteiger partial charge on any atom is 0.261 e. The van der Waals surface area contributed by atoms with E-state index in [1.165, 1.54) is 31.4 Å². The Hall–Kier alpha value is -4.20. The van der Waals surface area contributed by atoms with Crippen molar-refractivity contribution in [3.05, 3.63) is 78.1 Å². The highest BCUT2D eigenvalue weighted by molar-refractivity contribution is 7.89. The third kappa shape index (κ3) is 6.82. The predicted octanol–water partition coefficient (Wildman–Crippen LogP) is 1.98. The molecular weight excluding hydrogens is 528 g/mol. The van der Waals surface area contributed by atoms with Crippen LogP contribution in [0.15, 0.2) is 71.8 Å². The molecule has 1 aliphatic rings. The van der Waals surface area contributed by atoms with E-state index in [1.54, 1.807) is 48.1 Å². The summed E-state index contributed by atoms with van der Waals surface area (Å²) in [4.78, 5) is 29.5. The number of nitrogens with one attached hydrogen (secondary N) is 2. The lowest BCUT2D eigenvalue weighted by Crippen LogP contribution is -2.49. The number of methoxy groups -OCH3 is 1. The van der Waals surface area contributed by atoms with Crippen LogP contribution >= 0.6 is 0 Å². The molecule has 1 aromatic heterocycles. The van der Waals surface area contributed by atoms with Gasteiger partial charge in [-0.2, -0.15) is 4.31 Å².